The molecule has 0 spiro atoms. The van der Waals surface area contributed by atoms with Crippen molar-refractivity contribution in [2.75, 3.05) is 0 Å². The molecule has 0 radical (unpaired) electrons. The maximum Gasteiger partial charge on any atom is 0.404 e. The average Bonchev–Trinajstić information content (AvgIpc) is 2.99. The highest BCUT2D eigenvalue weighted by atomic mass is 32.2. The zero-order valence-corrected chi connectivity index (χ0v) is 17.7. The molecule has 0 saturated carbocycles. The number of aryl methyl sites for hydroxylation is 1. The van der Waals surface area contributed by atoms with Crippen molar-refractivity contribution >= 4 is 26.6 Å². The molecule has 0 amide bonds. The first-order chi connectivity index (χ1) is 15.0. The predicted molar refractivity (Wildman–Crippen MR) is 112 cm³/mol. The summed E-state index contributed by atoms with van der Waals surface area (Å²) < 4.78 is 66.3. The Morgan fingerprint density at radius 3 is 2.47 bits per heavy atom. The normalized spacial score (nSPS) is 14.7. The summed E-state index contributed by atoms with van der Waals surface area (Å²) in [4.78, 5) is 8.05. The number of nitrogens with zero attached hydrogens (tertiary/aromatic N) is 4. The molecule has 1 N–H and O–H groups in total. The minimum atomic E-state index is -4.72. The van der Waals surface area contributed by atoms with E-state index in [9.17, 15) is 26.9 Å². The van der Waals surface area contributed by atoms with Crippen LogP contribution in [0, 0.1) is 18.3 Å². The number of hydrogen-bond donors (Lipinski definition) is 1. The summed E-state index contributed by atoms with van der Waals surface area (Å²) in [5.41, 5.74) is 3.24. The number of alkyl halides is 3. The number of rotatable bonds is 5. The Hall–Kier alpha value is -3.49. The Morgan fingerprint density at radius 1 is 1.22 bits per heavy atom. The van der Waals surface area contributed by atoms with Crippen LogP contribution in [-0.2, 0) is 10.0 Å². The first-order valence-corrected chi connectivity index (χ1v) is 10.9. The summed E-state index contributed by atoms with van der Waals surface area (Å²) in [6.45, 7) is 2.51. The Bertz CT molecular complexity index is 1430. The highest BCUT2D eigenvalue weighted by Crippen LogP contribution is 2.37. The average molecular weight is 459 g/mol. The minimum absolute atomic E-state index is 0.291. The van der Waals surface area contributed by atoms with E-state index in [0.717, 1.165) is 23.7 Å². The second-order valence-corrected chi connectivity index (χ2v) is 8.94. The number of sulfonamides is 1. The van der Waals surface area contributed by atoms with Crippen molar-refractivity contribution in [3.8, 4) is 17.5 Å². The molecule has 164 valence electrons. The molecule has 7 nitrogen and oxygen atoms in total. The van der Waals surface area contributed by atoms with E-state index in [0.29, 0.717) is 34.8 Å². The summed E-state index contributed by atoms with van der Waals surface area (Å²) in [7, 11) is -4.44. The molecular weight excluding hydrogens is 443 g/mol. The van der Waals surface area contributed by atoms with Crippen molar-refractivity contribution < 1.29 is 21.6 Å². The van der Waals surface area contributed by atoms with Crippen LogP contribution in [0.3, 0.4) is 0 Å². The first-order valence-electron chi connectivity index (χ1n) is 9.38. The lowest BCUT2D eigenvalue weighted by atomic mass is 10.1. The van der Waals surface area contributed by atoms with E-state index >= 15 is 0 Å². The molecule has 3 aromatic heterocycles. The molecule has 0 fully saturated rings. The van der Waals surface area contributed by atoms with Crippen LogP contribution in [0.15, 0.2) is 53.7 Å². The third-order valence-corrected chi connectivity index (χ3v) is 6.53. The summed E-state index contributed by atoms with van der Waals surface area (Å²) in [5.74, 6) is 0. The predicted octanol–water partition coefficient (Wildman–Crippen LogP) is 3.92. The number of aromatic nitrogens is 3. The van der Waals surface area contributed by atoms with E-state index in [1.54, 1.807) is 28.5 Å². The lowest BCUT2D eigenvalue weighted by Crippen LogP contribution is -2.42. The number of pyridine rings is 2. The van der Waals surface area contributed by atoms with Crippen molar-refractivity contribution in [1.29, 1.82) is 5.26 Å². The van der Waals surface area contributed by atoms with Gasteiger partial charge in [0.25, 0.3) is 0 Å². The molecule has 11 heteroatoms. The van der Waals surface area contributed by atoms with E-state index in [-0.39, 0.29) is 0 Å². The van der Waals surface area contributed by atoms with Crippen LogP contribution >= 0.6 is 0 Å². The van der Waals surface area contributed by atoms with Gasteiger partial charge in [-0.05, 0) is 44.2 Å². The number of nitriles is 1. The number of hydrogen-bond acceptors (Lipinski definition) is 5. The number of fused-ring (bicyclic) bond motifs is 1. The van der Waals surface area contributed by atoms with Gasteiger partial charge >= 0.3 is 6.18 Å². The van der Waals surface area contributed by atoms with Crippen LogP contribution < -0.4 is 4.72 Å². The largest absolute Gasteiger partial charge is 0.404 e. The highest BCUT2D eigenvalue weighted by molar-refractivity contribution is 7.89. The second-order valence-electron chi connectivity index (χ2n) is 7.23. The van der Waals surface area contributed by atoms with Gasteiger partial charge in [0, 0.05) is 23.0 Å². The highest BCUT2D eigenvalue weighted by Gasteiger charge is 2.39. The molecule has 1 aliphatic rings. The van der Waals surface area contributed by atoms with Crippen LogP contribution in [0.4, 0.5) is 13.2 Å². The van der Waals surface area contributed by atoms with Crippen molar-refractivity contribution in [3.05, 3.63) is 60.1 Å². The van der Waals surface area contributed by atoms with Gasteiger partial charge in [0.2, 0.25) is 10.0 Å². The lowest BCUT2D eigenvalue weighted by Gasteiger charge is -2.17. The van der Waals surface area contributed by atoms with Crippen LogP contribution in [-0.4, -0.2) is 35.2 Å². The van der Waals surface area contributed by atoms with Crippen molar-refractivity contribution in [2.24, 2.45) is 0 Å². The maximum absolute atomic E-state index is 12.8. The molecule has 1 unspecified atom stereocenters. The van der Waals surface area contributed by atoms with Gasteiger partial charge in [0.15, 0.2) is 0 Å². The van der Waals surface area contributed by atoms with Gasteiger partial charge in [-0.2, -0.15) is 23.2 Å². The van der Waals surface area contributed by atoms with Gasteiger partial charge in [-0.1, -0.05) is 6.08 Å². The van der Waals surface area contributed by atoms with Crippen LogP contribution in [0.25, 0.3) is 28.0 Å². The topological polar surface area (TPSA) is 101 Å². The van der Waals surface area contributed by atoms with E-state index < -0.39 is 27.1 Å². The van der Waals surface area contributed by atoms with Gasteiger partial charge in [-0.25, -0.2) is 8.42 Å². The zero-order valence-electron chi connectivity index (χ0n) is 16.8. The summed E-state index contributed by atoms with van der Waals surface area (Å²) in [6, 6.07) is 4.22. The van der Waals surface area contributed by atoms with Crippen LogP contribution in [0.1, 0.15) is 18.2 Å². The number of nitrogens with one attached hydrogen (secondary N) is 1. The fraction of sp³-hybridized carbons (Fsp3) is 0.190. The van der Waals surface area contributed by atoms with Crippen molar-refractivity contribution in [3.63, 3.8) is 0 Å². The Kier molecular flexibility index (Phi) is 5.15. The fourth-order valence-electron chi connectivity index (χ4n) is 3.29. The quantitative estimate of drug-likeness (QED) is 0.623. The van der Waals surface area contributed by atoms with Gasteiger partial charge in [0.1, 0.15) is 17.0 Å². The molecule has 4 rings (SSSR count). The fourth-order valence-corrected chi connectivity index (χ4v) is 4.47. The Morgan fingerprint density at radius 2 is 1.94 bits per heavy atom. The molecule has 0 aromatic carbocycles. The maximum atomic E-state index is 12.8. The summed E-state index contributed by atoms with van der Waals surface area (Å²) in [5, 5.41) is 10.5. The van der Waals surface area contributed by atoms with Gasteiger partial charge in [-0.15, -0.1) is 0 Å². The number of allylic oxidation sites excluding steroid dienone is 4. The van der Waals surface area contributed by atoms with Crippen molar-refractivity contribution in [2.45, 2.75) is 31.0 Å². The van der Waals surface area contributed by atoms with Gasteiger partial charge in [-0.3, -0.25) is 9.97 Å². The third kappa shape index (κ3) is 3.68. The monoisotopic (exact) mass is 459 g/mol. The van der Waals surface area contributed by atoms with E-state index in [1.165, 1.54) is 6.07 Å². The van der Waals surface area contributed by atoms with E-state index in [4.69, 9.17) is 0 Å². The molecule has 32 heavy (non-hydrogen) atoms. The van der Waals surface area contributed by atoms with Crippen LogP contribution in [0.2, 0.25) is 0 Å². The van der Waals surface area contributed by atoms with Gasteiger partial charge in [0.05, 0.1) is 28.7 Å². The molecule has 1 aliphatic carbocycles. The van der Waals surface area contributed by atoms with E-state index in [1.807, 2.05) is 18.2 Å². The first kappa shape index (κ1) is 21.7. The molecular formula is C21H16F3N5O2S. The molecule has 0 aliphatic heterocycles. The lowest BCUT2D eigenvalue weighted by molar-refractivity contribution is -0.147. The number of halogens is 3. The zero-order chi connectivity index (χ0) is 23.3. The van der Waals surface area contributed by atoms with Crippen LogP contribution in [0.5, 0.6) is 0 Å². The standard InChI is InChI=1S/C21H16F3N5O2S/c1-12-8-16-17(9-25)20(29(14-4-3-5-14)19(16)11-26-12)18-7-6-15(10-27-18)32(30,31)28-13(2)21(22,23)24/h3-8,10-11,13,28H,1-2H3. The molecule has 0 bridgehead atoms. The SMILES string of the molecule is Cc1cc2c(C#N)c(-c3ccc(S(=O)(=O)NC(C)C(F)(F)F)cn3)n(C3=CC=C3)c2cn1. The second kappa shape index (κ2) is 7.58. The Labute approximate surface area is 181 Å². The molecule has 3 aromatic rings. The third-order valence-electron chi connectivity index (χ3n) is 5.01. The smallest absolute Gasteiger partial charge is 0.305 e. The van der Waals surface area contributed by atoms with E-state index in [2.05, 4.69) is 16.0 Å². The summed E-state index contributed by atoms with van der Waals surface area (Å²) in [6.07, 6.45) is 3.40. The molecule has 1 atom stereocenters. The summed E-state index contributed by atoms with van der Waals surface area (Å²) >= 11 is 0. The van der Waals surface area contributed by atoms with Gasteiger partial charge < -0.3 is 4.57 Å². The minimum Gasteiger partial charge on any atom is -0.305 e. The molecule has 0 saturated heterocycles. The van der Waals surface area contributed by atoms with Crippen molar-refractivity contribution in [1.82, 2.24) is 19.3 Å². The Balaban J connectivity index is 1.82. The molecule has 3 heterocycles.